The highest BCUT2D eigenvalue weighted by molar-refractivity contribution is 7.95. The minimum atomic E-state index is -1.93. The molecule has 0 N–H and O–H groups in total. The second-order valence-corrected chi connectivity index (χ2v) is 10.7. The molecule has 0 unspecified atom stereocenters. The van der Waals surface area contributed by atoms with E-state index in [2.05, 4.69) is 116 Å². The van der Waals surface area contributed by atoms with E-state index in [9.17, 15) is 0 Å². The third-order valence-corrected chi connectivity index (χ3v) is 10.0. The third-order valence-electron chi connectivity index (χ3n) is 5.54. The van der Waals surface area contributed by atoms with Crippen molar-refractivity contribution in [1.82, 2.24) is 0 Å². The summed E-state index contributed by atoms with van der Waals surface area (Å²) < 4.78 is 5.72. The van der Waals surface area contributed by atoms with Crippen molar-refractivity contribution >= 4 is 23.2 Å². The van der Waals surface area contributed by atoms with Crippen molar-refractivity contribution in [1.29, 1.82) is 0 Å². The molecule has 0 fully saturated rings. The highest BCUT2D eigenvalue weighted by atomic mass is 31.2. The van der Waals surface area contributed by atoms with Crippen LogP contribution in [0.1, 0.15) is 11.1 Å². The van der Waals surface area contributed by atoms with Crippen LogP contribution in [0.15, 0.2) is 109 Å². The Morgan fingerprint density at radius 1 is 0.621 bits per heavy atom. The van der Waals surface area contributed by atoms with E-state index < -0.39 is 7.26 Å². The summed E-state index contributed by atoms with van der Waals surface area (Å²) in [4.78, 5) is 0. The van der Waals surface area contributed by atoms with E-state index >= 15 is 0 Å². The average molecular weight is 397 g/mol. The van der Waals surface area contributed by atoms with Crippen LogP contribution in [-0.4, -0.2) is 7.11 Å². The van der Waals surface area contributed by atoms with E-state index in [1.54, 1.807) is 7.11 Å². The first kappa shape index (κ1) is 19.4. The summed E-state index contributed by atoms with van der Waals surface area (Å²) in [7, 11) is -0.174. The molecule has 0 radical (unpaired) electrons. The van der Waals surface area contributed by atoms with Gasteiger partial charge < -0.3 is 4.74 Å². The van der Waals surface area contributed by atoms with Crippen LogP contribution in [-0.2, 0) is 6.16 Å². The van der Waals surface area contributed by atoms with Gasteiger partial charge in [0.2, 0.25) is 0 Å². The van der Waals surface area contributed by atoms with Gasteiger partial charge in [-0.2, -0.15) is 0 Å². The zero-order valence-electron chi connectivity index (χ0n) is 17.0. The van der Waals surface area contributed by atoms with E-state index in [0.717, 1.165) is 11.9 Å². The minimum Gasteiger partial charge on any atom is -0.496 e. The molecular weight excluding hydrogens is 371 g/mol. The fourth-order valence-electron chi connectivity index (χ4n) is 4.15. The first-order valence-corrected chi connectivity index (χ1v) is 11.9. The lowest BCUT2D eigenvalue weighted by Crippen LogP contribution is -2.34. The lowest BCUT2D eigenvalue weighted by atomic mass is 10.2. The van der Waals surface area contributed by atoms with Crippen molar-refractivity contribution in [2.45, 2.75) is 13.1 Å². The normalized spacial score (nSPS) is 11.2. The van der Waals surface area contributed by atoms with Gasteiger partial charge in [0, 0.05) is 5.56 Å². The predicted octanol–water partition coefficient (Wildman–Crippen LogP) is 5.50. The maximum atomic E-state index is 5.72. The van der Waals surface area contributed by atoms with Gasteiger partial charge in [0.05, 0.1) is 13.3 Å². The van der Waals surface area contributed by atoms with Crippen LogP contribution in [0.4, 0.5) is 0 Å². The minimum absolute atomic E-state index is 0.951. The van der Waals surface area contributed by atoms with E-state index in [4.69, 9.17) is 4.74 Å². The number of methoxy groups -OCH3 is 1. The molecule has 1 nitrogen and oxygen atoms in total. The molecule has 0 spiro atoms. The zero-order valence-corrected chi connectivity index (χ0v) is 17.8. The van der Waals surface area contributed by atoms with Crippen LogP contribution in [0.5, 0.6) is 5.75 Å². The second kappa shape index (κ2) is 8.64. The van der Waals surface area contributed by atoms with Crippen molar-refractivity contribution in [3.8, 4) is 5.75 Å². The molecule has 0 bridgehead atoms. The topological polar surface area (TPSA) is 9.23 Å². The van der Waals surface area contributed by atoms with E-state index in [1.807, 2.05) is 0 Å². The monoisotopic (exact) mass is 397 g/mol. The van der Waals surface area contributed by atoms with Crippen LogP contribution < -0.4 is 20.7 Å². The number of rotatable bonds is 6. The summed E-state index contributed by atoms with van der Waals surface area (Å²) >= 11 is 0. The molecule has 29 heavy (non-hydrogen) atoms. The van der Waals surface area contributed by atoms with Crippen LogP contribution >= 0.6 is 7.26 Å². The molecule has 0 heterocycles. The fourth-order valence-corrected chi connectivity index (χ4v) is 8.69. The summed E-state index contributed by atoms with van der Waals surface area (Å²) in [5.41, 5.74) is 2.59. The van der Waals surface area contributed by atoms with E-state index in [-0.39, 0.29) is 0 Å². The molecule has 0 aromatic heterocycles. The molecule has 0 amide bonds. The van der Waals surface area contributed by atoms with Gasteiger partial charge in [-0.3, -0.25) is 0 Å². The molecular formula is C27H26OP+. The first-order valence-electron chi connectivity index (χ1n) is 9.93. The lowest BCUT2D eigenvalue weighted by molar-refractivity contribution is 0.412. The van der Waals surface area contributed by atoms with E-state index in [0.29, 0.717) is 0 Å². The number of hydrogen-bond donors (Lipinski definition) is 0. The molecule has 2 heteroatoms. The highest BCUT2D eigenvalue weighted by Crippen LogP contribution is 2.59. The summed E-state index contributed by atoms with van der Waals surface area (Å²) in [6.07, 6.45) is 0.982. The highest BCUT2D eigenvalue weighted by Gasteiger charge is 2.46. The van der Waals surface area contributed by atoms with Gasteiger partial charge in [-0.1, -0.05) is 72.8 Å². The maximum Gasteiger partial charge on any atom is 0.125 e. The smallest absolute Gasteiger partial charge is 0.125 e. The van der Waals surface area contributed by atoms with Crippen molar-refractivity contribution in [3.63, 3.8) is 0 Å². The van der Waals surface area contributed by atoms with Gasteiger partial charge in [-0.25, -0.2) is 0 Å². The van der Waals surface area contributed by atoms with Gasteiger partial charge in [0.1, 0.15) is 28.9 Å². The Kier molecular flexibility index (Phi) is 5.79. The van der Waals surface area contributed by atoms with Crippen LogP contribution in [0.2, 0.25) is 0 Å². The largest absolute Gasteiger partial charge is 0.496 e. The van der Waals surface area contributed by atoms with Gasteiger partial charge in [0.25, 0.3) is 0 Å². The first-order chi connectivity index (χ1) is 14.3. The molecule has 4 aromatic carbocycles. The van der Waals surface area contributed by atoms with Crippen molar-refractivity contribution in [2.24, 2.45) is 0 Å². The van der Waals surface area contributed by atoms with Gasteiger partial charge in [0.15, 0.2) is 0 Å². The Balaban J connectivity index is 2.06. The second-order valence-electron chi connectivity index (χ2n) is 7.23. The molecule has 144 valence electrons. The Hall–Kier alpha value is -2.89. The third kappa shape index (κ3) is 3.71. The summed E-state index contributed by atoms with van der Waals surface area (Å²) in [6, 6.07) is 39.4. The summed E-state index contributed by atoms with van der Waals surface area (Å²) in [5.74, 6) is 0.951. The number of benzene rings is 4. The average Bonchev–Trinajstić information content (AvgIpc) is 2.80. The summed E-state index contributed by atoms with van der Waals surface area (Å²) in [5, 5.41) is 4.18. The lowest BCUT2D eigenvalue weighted by Gasteiger charge is -2.29. The zero-order chi connectivity index (χ0) is 20.1. The quantitative estimate of drug-likeness (QED) is 0.391. The van der Waals surface area contributed by atoms with Crippen molar-refractivity contribution in [3.05, 3.63) is 120 Å². The molecule has 4 aromatic rings. The molecule has 4 rings (SSSR count). The molecule has 0 aliphatic carbocycles. The van der Waals surface area contributed by atoms with Crippen LogP contribution in [0.25, 0.3) is 0 Å². The molecule has 0 aliphatic heterocycles. The fraction of sp³-hybridized carbons (Fsp3) is 0.111. The van der Waals surface area contributed by atoms with Gasteiger partial charge >= 0.3 is 0 Å². The Labute approximate surface area is 174 Å². The molecule has 0 atom stereocenters. The van der Waals surface area contributed by atoms with Crippen molar-refractivity contribution < 1.29 is 4.74 Å². The van der Waals surface area contributed by atoms with Gasteiger partial charge in [-0.05, 0) is 48.9 Å². The summed E-state index contributed by atoms with van der Waals surface area (Å²) in [6.45, 7) is 2.19. The Morgan fingerprint density at radius 3 is 1.66 bits per heavy atom. The SMILES string of the molecule is COc1cccc([P+](Cc2ccccc2)(c2ccccc2)c2ccccc2)c1C. The number of hydrogen-bond acceptors (Lipinski definition) is 1. The van der Waals surface area contributed by atoms with Gasteiger partial charge in [-0.15, -0.1) is 0 Å². The predicted molar refractivity (Wildman–Crippen MR) is 127 cm³/mol. The number of ether oxygens (including phenoxy) is 1. The van der Waals surface area contributed by atoms with E-state index in [1.165, 1.54) is 27.0 Å². The Bertz CT molecular complexity index is 1020. The van der Waals surface area contributed by atoms with Crippen molar-refractivity contribution in [2.75, 3.05) is 7.11 Å². The maximum absolute atomic E-state index is 5.72. The molecule has 0 saturated heterocycles. The molecule has 0 aliphatic rings. The van der Waals surface area contributed by atoms with Crippen LogP contribution in [0, 0.1) is 6.92 Å². The molecule has 0 saturated carbocycles. The van der Waals surface area contributed by atoms with Crippen LogP contribution in [0.3, 0.4) is 0 Å². The standard InChI is InChI=1S/C27H26OP/c1-22-26(28-2)19-12-20-27(22)29(24-15-8-4-9-16-24,25-17-10-5-11-18-25)21-23-13-6-3-7-14-23/h3-20H,21H2,1-2H3/q+1. The Morgan fingerprint density at radius 2 is 1.14 bits per heavy atom.